The van der Waals surface area contributed by atoms with Gasteiger partial charge in [0.25, 0.3) is 0 Å². The van der Waals surface area contributed by atoms with E-state index in [2.05, 4.69) is 5.32 Å². The van der Waals surface area contributed by atoms with Crippen molar-refractivity contribution in [1.82, 2.24) is 9.80 Å². The van der Waals surface area contributed by atoms with Crippen molar-refractivity contribution in [2.75, 3.05) is 25.1 Å². The van der Waals surface area contributed by atoms with Crippen molar-refractivity contribution in [2.45, 2.75) is 6.54 Å². The molecule has 0 spiro atoms. The molecular weight excluding hydrogens is 422 g/mol. The van der Waals surface area contributed by atoms with Gasteiger partial charge in [-0.1, -0.05) is 17.7 Å². The molecule has 1 N–H and O–H groups in total. The topological polar surface area (TPSA) is 105 Å². The molecule has 2 aliphatic rings. The van der Waals surface area contributed by atoms with Crippen molar-refractivity contribution in [2.24, 2.45) is 0 Å². The lowest BCUT2D eigenvalue weighted by Crippen LogP contribution is -2.38. The van der Waals surface area contributed by atoms with E-state index in [9.17, 15) is 19.2 Å². The highest BCUT2D eigenvalue weighted by Crippen LogP contribution is 2.38. The Morgan fingerprint density at radius 1 is 1.10 bits per heavy atom. The Hall–Kier alpha value is -3.11. The average Bonchev–Trinajstić information content (AvgIpc) is 3.28. The molecule has 1 fully saturated rings. The fourth-order valence-corrected chi connectivity index (χ4v) is 3.77. The number of anilines is 1. The first-order chi connectivity index (χ1) is 13.9. The van der Waals surface area contributed by atoms with E-state index in [1.807, 2.05) is 0 Å². The number of ether oxygens (including phenoxy) is 2. The number of urea groups is 1. The molecule has 0 bridgehead atoms. The zero-order valence-corrected chi connectivity index (χ0v) is 16.4. The minimum atomic E-state index is -1.05. The first kappa shape index (κ1) is 19.2. The molecule has 150 valence electrons. The monoisotopic (exact) mass is 435 g/mol. The van der Waals surface area contributed by atoms with Crippen molar-refractivity contribution in [3.8, 4) is 11.5 Å². The summed E-state index contributed by atoms with van der Waals surface area (Å²) in [7, 11) is 0. The van der Waals surface area contributed by atoms with Crippen molar-refractivity contribution in [3.05, 3.63) is 39.5 Å². The summed E-state index contributed by atoms with van der Waals surface area (Å²) in [5.41, 5.74) is 0.238. The van der Waals surface area contributed by atoms with E-state index >= 15 is 0 Å². The van der Waals surface area contributed by atoms with Gasteiger partial charge in [0.05, 0.1) is 17.3 Å². The molecule has 3 heterocycles. The van der Waals surface area contributed by atoms with Crippen LogP contribution in [-0.2, 0) is 20.9 Å². The Bertz CT molecular complexity index is 1010. The van der Waals surface area contributed by atoms with Crippen LogP contribution < -0.4 is 14.8 Å². The average molecular weight is 436 g/mol. The van der Waals surface area contributed by atoms with E-state index in [0.29, 0.717) is 29.6 Å². The lowest BCUT2D eigenvalue weighted by atomic mass is 10.2. The number of imide groups is 2. The first-order valence-electron chi connectivity index (χ1n) is 8.52. The number of hydrogen-bond acceptors (Lipinski definition) is 7. The third-order valence-corrected chi connectivity index (χ3v) is 5.41. The molecule has 11 heteroatoms. The Labute approximate surface area is 173 Å². The summed E-state index contributed by atoms with van der Waals surface area (Å²) in [6.45, 7) is 0.119. The van der Waals surface area contributed by atoms with Crippen molar-refractivity contribution in [1.29, 1.82) is 0 Å². The minimum absolute atomic E-state index is 0.0207. The van der Waals surface area contributed by atoms with E-state index in [4.69, 9.17) is 21.1 Å². The molecule has 29 heavy (non-hydrogen) atoms. The van der Waals surface area contributed by atoms with Gasteiger partial charge in [-0.3, -0.25) is 19.3 Å². The number of halogens is 1. The van der Waals surface area contributed by atoms with Gasteiger partial charge < -0.3 is 14.8 Å². The van der Waals surface area contributed by atoms with Crippen molar-refractivity contribution in [3.63, 3.8) is 0 Å². The summed E-state index contributed by atoms with van der Waals surface area (Å²) in [5, 5.41) is 4.52. The maximum atomic E-state index is 12.5. The summed E-state index contributed by atoms with van der Waals surface area (Å²) in [5.74, 6) is -1.82. The quantitative estimate of drug-likeness (QED) is 0.569. The predicted molar refractivity (Wildman–Crippen MR) is 103 cm³/mol. The van der Waals surface area contributed by atoms with Crippen LogP contribution in [0.5, 0.6) is 11.5 Å². The highest BCUT2D eigenvalue weighted by molar-refractivity contribution is 7.09. The number of thiophene rings is 1. The van der Waals surface area contributed by atoms with Gasteiger partial charge in [0.1, 0.15) is 19.8 Å². The van der Waals surface area contributed by atoms with Crippen LogP contribution in [-0.4, -0.2) is 53.3 Å². The number of nitrogens with one attached hydrogen (secondary N) is 1. The Morgan fingerprint density at radius 2 is 1.79 bits per heavy atom. The summed E-state index contributed by atoms with van der Waals surface area (Å²) >= 11 is 7.50. The molecule has 0 unspecified atom stereocenters. The van der Waals surface area contributed by atoms with Gasteiger partial charge in [0, 0.05) is 17.0 Å². The van der Waals surface area contributed by atoms with Crippen molar-refractivity contribution >= 4 is 52.4 Å². The van der Waals surface area contributed by atoms with Crippen LogP contribution in [0.4, 0.5) is 10.5 Å². The van der Waals surface area contributed by atoms with E-state index in [1.165, 1.54) is 23.5 Å². The number of hydrogen-bond donors (Lipinski definition) is 1. The van der Waals surface area contributed by atoms with Gasteiger partial charge in [-0.15, -0.1) is 11.3 Å². The van der Waals surface area contributed by atoms with E-state index < -0.39 is 30.3 Å². The van der Waals surface area contributed by atoms with E-state index in [0.717, 1.165) is 9.78 Å². The molecule has 9 nitrogen and oxygen atoms in total. The molecule has 2 aromatic rings. The molecular formula is C18H14ClN3O6S. The normalized spacial score (nSPS) is 15.8. The molecule has 0 aliphatic carbocycles. The zero-order valence-electron chi connectivity index (χ0n) is 14.8. The highest BCUT2D eigenvalue weighted by atomic mass is 35.5. The molecule has 0 radical (unpaired) electrons. The molecule has 5 amide bonds. The number of benzene rings is 1. The SMILES string of the molecule is O=C(CN1C(=O)C(=O)N(Cc2cccs2)C1=O)Nc1cc2c(cc1Cl)OCCO2. The summed E-state index contributed by atoms with van der Waals surface area (Å²) < 4.78 is 10.8. The van der Waals surface area contributed by atoms with E-state index in [1.54, 1.807) is 17.5 Å². The fraction of sp³-hybridized carbons (Fsp3) is 0.222. The molecule has 1 aromatic heterocycles. The lowest BCUT2D eigenvalue weighted by molar-refractivity contribution is -0.143. The largest absolute Gasteiger partial charge is 0.486 e. The van der Waals surface area contributed by atoms with Gasteiger partial charge in [-0.25, -0.2) is 9.69 Å². The molecule has 0 saturated carbocycles. The first-order valence-corrected chi connectivity index (χ1v) is 9.78. The van der Waals surface area contributed by atoms with Gasteiger partial charge in [0.2, 0.25) is 5.91 Å². The fourth-order valence-electron chi connectivity index (χ4n) is 2.88. The Kier molecular flexibility index (Phi) is 5.12. The maximum absolute atomic E-state index is 12.5. The molecule has 2 aliphatic heterocycles. The number of carbonyl (C=O) groups excluding carboxylic acids is 4. The second-order valence-corrected chi connectivity index (χ2v) is 7.61. The standard InChI is InChI=1S/C18H14ClN3O6S/c19-11-6-13-14(28-4-3-27-13)7-12(11)20-15(23)9-22-17(25)16(24)21(18(22)26)8-10-2-1-5-29-10/h1-2,5-7H,3-4,8-9H2,(H,20,23). The van der Waals surface area contributed by atoms with Crippen LogP contribution in [0.2, 0.25) is 5.02 Å². The second kappa shape index (κ2) is 7.72. The van der Waals surface area contributed by atoms with Gasteiger partial charge in [0.15, 0.2) is 11.5 Å². The number of carbonyl (C=O) groups is 4. The third-order valence-electron chi connectivity index (χ3n) is 4.24. The van der Waals surface area contributed by atoms with Crippen LogP contribution in [0.3, 0.4) is 0 Å². The number of amides is 5. The minimum Gasteiger partial charge on any atom is -0.486 e. The van der Waals surface area contributed by atoms with E-state index in [-0.39, 0.29) is 17.3 Å². The van der Waals surface area contributed by atoms with Crippen LogP contribution in [0, 0.1) is 0 Å². The van der Waals surface area contributed by atoms with Crippen LogP contribution >= 0.6 is 22.9 Å². The molecule has 4 rings (SSSR count). The molecule has 1 aromatic carbocycles. The summed E-state index contributed by atoms with van der Waals surface area (Å²) in [4.78, 5) is 51.4. The van der Waals surface area contributed by atoms with Crippen molar-refractivity contribution < 1.29 is 28.7 Å². The van der Waals surface area contributed by atoms with Gasteiger partial charge in [-0.2, -0.15) is 0 Å². The summed E-state index contributed by atoms with van der Waals surface area (Å²) in [6, 6.07) is 5.68. The number of nitrogens with zero attached hydrogens (tertiary/aromatic N) is 2. The summed E-state index contributed by atoms with van der Waals surface area (Å²) in [6.07, 6.45) is 0. The van der Waals surface area contributed by atoms with Gasteiger partial charge >= 0.3 is 17.8 Å². The predicted octanol–water partition coefficient (Wildman–Crippen LogP) is 2.10. The van der Waals surface area contributed by atoms with Gasteiger partial charge in [-0.05, 0) is 11.4 Å². The van der Waals surface area contributed by atoms with Crippen LogP contribution in [0.25, 0.3) is 0 Å². The smallest absolute Gasteiger partial charge is 0.335 e. The highest BCUT2D eigenvalue weighted by Gasteiger charge is 2.45. The number of fused-ring (bicyclic) bond motifs is 1. The second-order valence-electron chi connectivity index (χ2n) is 6.17. The maximum Gasteiger partial charge on any atom is 0.335 e. The zero-order chi connectivity index (χ0) is 20.5. The third kappa shape index (κ3) is 3.76. The lowest BCUT2D eigenvalue weighted by Gasteiger charge is -2.20. The Balaban J connectivity index is 1.45. The number of rotatable bonds is 5. The molecule has 1 saturated heterocycles. The van der Waals surface area contributed by atoms with Crippen LogP contribution in [0.1, 0.15) is 4.88 Å². The Morgan fingerprint density at radius 3 is 2.48 bits per heavy atom. The van der Waals surface area contributed by atoms with Crippen LogP contribution in [0.15, 0.2) is 29.6 Å². The molecule has 0 atom stereocenters.